The molecule has 0 spiro atoms. The summed E-state index contributed by atoms with van der Waals surface area (Å²) in [6.07, 6.45) is 12.5. The zero-order valence-electron chi connectivity index (χ0n) is 9.79. The van der Waals surface area contributed by atoms with Gasteiger partial charge in [0.2, 0.25) is 0 Å². The van der Waals surface area contributed by atoms with E-state index in [1.807, 2.05) is 13.8 Å². The second-order valence-electron chi connectivity index (χ2n) is 5.25. The molecule has 2 bridgehead atoms. The van der Waals surface area contributed by atoms with Crippen LogP contribution in [0.15, 0.2) is 12.2 Å². The van der Waals surface area contributed by atoms with Crippen LogP contribution >= 0.6 is 12.2 Å². The molecule has 0 aliphatic heterocycles. The van der Waals surface area contributed by atoms with E-state index in [0.717, 1.165) is 5.92 Å². The molecule has 86 valence electrons. The molecule has 0 amide bonds. The highest BCUT2D eigenvalue weighted by Gasteiger charge is 2.36. The van der Waals surface area contributed by atoms with Crippen LogP contribution in [0.25, 0.3) is 0 Å². The minimum absolute atomic E-state index is 0.377. The fourth-order valence-corrected chi connectivity index (χ4v) is 2.88. The molecular weight excluding hydrogens is 216 g/mol. The number of rotatable bonds is 2. The number of terminal acetylenes is 1. The van der Waals surface area contributed by atoms with Crippen molar-refractivity contribution in [2.75, 3.05) is 0 Å². The SMILES string of the molecule is C#CC(C)(C)NC(=S)N[C@H]1C[C@H]2C=C[C@H]1C2. The van der Waals surface area contributed by atoms with Crippen LogP contribution in [-0.4, -0.2) is 16.7 Å². The first kappa shape index (κ1) is 11.5. The predicted octanol–water partition coefficient (Wildman–Crippen LogP) is 1.83. The quantitative estimate of drug-likeness (QED) is 0.433. The Morgan fingerprint density at radius 3 is 2.69 bits per heavy atom. The van der Waals surface area contributed by atoms with Gasteiger partial charge in [-0.3, -0.25) is 0 Å². The molecule has 3 atom stereocenters. The number of fused-ring (bicyclic) bond motifs is 2. The van der Waals surface area contributed by atoms with Gasteiger partial charge >= 0.3 is 0 Å². The first-order chi connectivity index (χ1) is 7.50. The average molecular weight is 234 g/mol. The van der Waals surface area contributed by atoms with E-state index >= 15 is 0 Å². The van der Waals surface area contributed by atoms with Gasteiger partial charge in [-0.25, -0.2) is 0 Å². The summed E-state index contributed by atoms with van der Waals surface area (Å²) < 4.78 is 0. The van der Waals surface area contributed by atoms with Crippen LogP contribution < -0.4 is 10.6 Å². The van der Waals surface area contributed by atoms with E-state index in [4.69, 9.17) is 18.6 Å². The lowest BCUT2D eigenvalue weighted by molar-refractivity contribution is 0.505. The lowest BCUT2D eigenvalue weighted by Gasteiger charge is -2.26. The van der Waals surface area contributed by atoms with E-state index in [1.165, 1.54) is 12.8 Å². The predicted molar refractivity (Wildman–Crippen MR) is 70.9 cm³/mol. The summed E-state index contributed by atoms with van der Waals surface area (Å²) >= 11 is 5.28. The zero-order chi connectivity index (χ0) is 11.8. The monoisotopic (exact) mass is 234 g/mol. The lowest BCUT2D eigenvalue weighted by Crippen LogP contribution is -2.51. The van der Waals surface area contributed by atoms with Crippen molar-refractivity contribution in [3.63, 3.8) is 0 Å². The molecule has 0 radical (unpaired) electrons. The van der Waals surface area contributed by atoms with Gasteiger partial charge in [0.1, 0.15) is 0 Å². The molecule has 0 saturated heterocycles. The third kappa shape index (κ3) is 2.38. The molecular formula is C13H18N2S. The molecule has 2 rings (SSSR count). The van der Waals surface area contributed by atoms with E-state index in [1.54, 1.807) is 0 Å². The smallest absolute Gasteiger partial charge is 0.167 e. The summed E-state index contributed by atoms with van der Waals surface area (Å²) in [6.45, 7) is 3.89. The first-order valence-electron chi connectivity index (χ1n) is 5.75. The van der Waals surface area contributed by atoms with Crippen molar-refractivity contribution < 1.29 is 0 Å². The molecule has 0 heterocycles. The number of hydrogen-bond acceptors (Lipinski definition) is 1. The summed E-state index contributed by atoms with van der Waals surface area (Å²) in [4.78, 5) is 0. The molecule has 0 unspecified atom stereocenters. The first-order valence-corrected chi connectivity index (χ1v) is 6.16. The van der Waals surface area contributed by atoms with Crippen molar-refractivity contribution in [2.45, 2.75) is 38.3 Å². The Morgan fingerprint density at radius 1 is 1.44 bits per heavy atom. The minimum Gasteiger partial charge on any atom is -0.359 e. The van der Waals surface area contributed by atoms with Gasteiger partial charge in [-0.2, -0.15) is 0 Å². The van der Waals surface area contributed by atoms with Gasteiger partial charge < -0.3 is 10.6 Å². The number of allylic oxidation sites excluding steroid dienone is 1. The Morgan fingerprint density at radius 2 is 2.19 bits per heavy atom. The Labute approximate surface area is 103 Å². The van der Waals surface area contributed by atoms with Crippen molar-refractivity contribution in [3.05, 3.63) is 12.2 Å². The fraction of sp³-hybridized carbons (Fsp3) is 0.615. The Bertz CT molecular complexity index is 365. The van der Waals surface area contributed by atoms with Gasteiger partial charge in [0, 0.05) is 6.04 Å². The molecule has 1 fully saturated rings. The molecule has 2 aliphatic carbocycles. The molecule has 0 aromatic carbocycles. The van der Waals surface area contributed by atoms with Crippen LogP contribution in [0, 0.1) is 24.2 Å². The van der Waals surface area contributed by atoms with Gasteiger partial charge in [-0.1, -0.05) is 18.1 Å². The lowest BCUT2D eigenvalue weighted by atomic mass is 10.0. The third-order valence-corrected chi connectivity index (χ3v) is 3.60. The average Bonchev–Trinajstić information content (AvgIpc) is 2.78. The molecule has 3 heteroatoms. The fourth-order valence-electron chi connectivity index (χ4n) is 2.47. The largest absolute Gasteiger partial charge is 0.359 e. The second kappa shape index (κ2) is 4.10. The van der Waals surface area contributed by atoms with E-state index in [-0.39, 0.29) is 5.54 Å². The van der Waals surface area contributed by atoms with Crippen LogP contribution in [-0.2, 0) is 0 Å². The maximum atomic E-state index is 5.41. The summed E-state index contributed by atoms with van der Waals surface area (Å²) in [6, 6.07) is 0.489. The highest BCUT2D eigenvalue weighted by molar-refractivity contribution is 7.80. The summed E-state index contributed by atoms with van der Waals surface area (Å²) in [5.41, 5.74) is -0.377. The second-order valence-corrected chi connectivity index (χ2v) is 5.66. The van der Waals surface area contributed by atoms with Crippen LogP contribution in [0.4, 0.5) is 0 Å². The maximum absolute atomic E-state index is 5.41. The van der Waals surface area contributed by atoms with E-state index < -0.39 is 0 Å². The molecule has 1 saturated carbocycles. The van der Waals surface area contributed by atoms with Crippen LogP contribution in [0.2, 0.25) is 0 Å². The Kier molecular flexibility index (Phi) is 2.94. The van der Waals surface area contributed by atoms with Crippen molar-refractivity contribution in [1.29, 1.82) is 0 Å². The molecule has 2 aliphatic rings. The van der Waals surface area contributed by atoms with Crippen molar-refractivity contribution in [1.82, 2.24) is 10.6 Å². The number of nitrogens with one attached hydrogen (secondary N) is 2. The highest BCUT2D eigenvalue weighted by Crippen LogP contribution is 2.38. The van der Waals surface area contributed by atoms with Gasteiger partial charge in [-0.05, 0) is 50.7 Å². The zero-order valence-corrected chi connectivity index (χ0v) is 10.6. The highest BCUT2D eigenvalue weighted by atomic mass is 32.1. The Balaban J connectivity index is 1.85. The van der Waals surface area contributed by atoms with Crippen molar-refractivity contribution in [2.24, 2.45) is 11.8 Å². The summed E-state index contributed by atoms with van der Waals surface area (Å²) in [7, 11) is 0. The van der Waals surface area contributed by atoms with Crippen LogP contribution in [0.3, 0.4) is 0 Å². The Hall–Kier alpha value is -1.01. The van der Waals surface area contributed by atoms with Crippen LogP contribution in [0.5, 0.6) is 0 Å². The van der Waals surface area contributed by atoms with E-state index in [2.05, 4.69) is 28.7 Å². The summed E-state index contributed by atoms with van der Waals surface area (Å²) in [5, 5.41) is 7.20. The molecule has 0 aromatic heterocycles. The van der Waals surface area contributed by atoms with Crippen molar-refractivity contribution >= 4 is 17.3 Å². The third-order valence-electron chi connectivity index (χ3n) is 3.38. The van der Waals surface area contributed by atoms with Crippen molar-refractivity contribution in [3.8, 4) is 12.3 Å². The van der Waals surface area contributed by atoms with Crippen LogP contribution in [0.1, 0.15) is 26.7 Å². The minimum atomic E-state index is -0.377. The molecule has 0 aromatic rings. The summed E-state index contributed by atoms with van der Waals surface area (Å²) in [5.74, 6) is 4.09. The normalized spacial score (nSPS) is 31.2. The van der Waals surface area contributed by atoms with Gasteiger partial charge in [0.15, 0.2) is 5.11 Å². The molecule has 16 heavy (non-hydrogen) atoms. The van der Waals surface area contributed by atoms with E-state index in [0.29, 0.717) is 17.1 Å². The van der Waals surface area contributed by atoms with Gasteiger partial charge in [0.05, 0.1) is 5.54 Å². The standard InChI is InChI=1S/C13H18N2S/c1-4-13(2,3)15-12(16)14-11-8-9-5-6-10(11)7-9/h1,5-6,9-11H,7-8H2,2-3H3,(H2,14,15,16)/t9-,10-,11-/m0/s1. The molecule has 2 nitrogen and oxygen atoms in total. The van der Waals surface area contributed by atoms with E-state index in [9.17, 15) is 0 Å². The maximum Gasteiger partial charge on any atom is 0.167 e. The van der Waals surface area contributed by atoms with Gasteiger partial charge in [0.25, 0.3) is 0 Å². The van der Waals surface area contributed by atoms with Gasteiger partial charge in [-0.15, -0.1) is 6.42 Å². The molecule has 2 N–H and O–H groups in total. The number of thiocarbonyl (C=S) groups is 1. The topological polar surface area (TPSA) is 24.1 Å². The number of hydrogen-bond donors (Lipinski definition) is 2.